The fourth-order valence-corrected chi connectivity index (χ4v) is 4.52. The molecule has 0 aromatic heterocycles. The van der Waals surface area contributed by atoms with Crippen LogP contribution in [0.15, 0.2) is 42.5 Å². The summed E-state index contributed by atoms with van der Waals surface area (Å²) in [6, 6.07) is 15.9. The van der Waals surface area contributed by atoms with Crippen LogP contribution in [0.2, 0.25) is 0 Å². The van der Waals surface area contributed by atoms with E-state index in [1.54, 1.807) is 22.3 Å². The van der Waals surface area contributed by atoms with Crippen LogP contribution in [0.3, 0.4) is 0 Å². The van der Waals surface area contributed by atoms with Crippen LogP contribution in [0.1, 0.15) is 65.8 Å². The molecule has 0 radical (unpaired) electrons. The molecule has 0 nitrogen and oxygen atoms in total. The van der Waals surface area contributed by atoms with Crippen molar-refractivity contribution in [2.24, 2.45) is 0 Å². The second-order valence-corrected chi connectivity index (χ2v) is 6.91. The zero-order chi connectivity index (χ0) is 14.2. The molecule has 2 aliphatic rings. The van der Waals surface area contributed by atoms with Gasteiger partial charge >= 0.3 is 0 Å². The van der Waals surface area contributed by atoms with E-state index in [0.29, 0.717) is 5.92 Å². The zero-order valence-electron chi connectivity index (χ0n) is 12.9. The monoisotopic (exact) mass is 276 g/mol. The molecule has 0 saturated carbocycles. The minimum Gasteiger partial charge on any atom is -0.0622 e. The highest BCUT2D eigenvalue weighted by molar-refractivity contribution is 5.48. The molecule has 2 aromatic rings. The van der Waals surface area contributed by atoms with E-state index >= 15 is 0 Å². The van der Waals surface area contributed by atoms with Crippen molar-refractivity contribution in [2.75, 3.05) is 0 Å². The molecule has 2 atom stereocenters. The highest BCUT2D eigenvalue weighted by Crippen LogP contribution is 2.44. The Morgan fingerprint density at radius 2 is 1.76 bits per heavy atom. The van der Waals surface area contributed by atoms with Crippen molar-refractivity contribution in [3.63, 3.8) is 0 Å². The molecular weight excluding hydrogens is 252 g/mol. The molecule has 0 heteroatoms. The van der Waals surface area contributed by atoms with Crippen molar-refractivity contribution in [1.29, 1.82) is 0 Å². The lowest BCUT2D eigenvalue weighted by Crippen LogP contribution is -2.04. The molecule has 0 fully saturated rings. The molecule has 0 spiro atoms. The average Bonchev–Trinajstić information content (AvgIpc) is 3.14. The quantitative estimate of drug-likeness (QED) is 0.704. The Morgan fingerprint density at radius 3 is 2.62 bits per heavy atom. The second kappa shape index (κ2) is 5.33. The van der Waals surface area contributed by atoms with Crippen LogP contribution in [-0.2, 0) is 19.3 Å². The predicted molar refractivity (Wildman–Crippen MR) is 89.0 cm³/mol. The summed E-state index contributed by atoms with van der Waals surface area (Å²) in [5.41, 5.74) is 8.29. The third-order valence-electron chi connectivity index (χ3n) is 5.59. The molecule has 21 heavy (non-hydrogen) atoms. The molecule has 108 valence electrons. The second-order valence-electron chi connectivity index (χ2n) is 6.91. The number of hydrogen-bond donors (Lipinski definition) is 0. The van der Waals surface area contributed by atoms with E-state index in [2.05, 4.69) is 49.4 Å². The first-order chi connectivity index (χ1) is 10.3. The van der Waals surface area contributed by atoms with Gasteiger partial charge in [-0.1, -0.05) is 49.4 Å². The molecule has 4 rings (SSSR count). The molecule has 2 aliphatic carbocycles. The number of fused-ring (bicyclic) bond motifs is 3. The molecular formula is C21H24. The third kappa shape index (κ3) is 2.31. The van der Waals surface area contributed by atoms with E-state index < -0.39 is 0 Å². The highest BCUT2D eigenvalue weighted by Gasteiger charge is 2.29. The fourth-order valence-electron chi connectivity index (χ4n) is 4.52. The Kier molecular flexibility index (Phi) is 3.33. The Balaban J connectivity index is 1.61. The summed E-state index contributed by atoms with van der Waals surface area (Å²) in [6.07, 6.45) is 7.98. The van der Waals surface area contributed by atoms with Crippen molar-refractivity contribution in [2.45, 2.75) is 57.3 Å². The summed E-state index contributed by atoms with van der Waals surface area (Å²) in [7, 11) is 0. The fraction of sp³-hybridized carbons (Fsp3) is 0.429. The van der Waals surface area contributed by atoms with Crippen LogP contribution in [0, 0.1) is 0 Å². The van der Waals surface area contributed by atoms with Crippen molar-refractivity contribution in [1.82, 2.24) is 0 Å². The van der Waals surface area contributed by atoms with Gasteiger partial charge in [-0.05, 0) is 78.2 Å². The highest BCUT2D eigenvalue weighted by atomic mass is 14.3. The zero-order valence-corrected chi connectivity index (χ0v) is 12.9. The van der Waals surface area contributed by atoms with E-state index in [1.165, 1.54) is 44.1 Å². The Labute approximate surface area is 128 Å². The maximum atomic E-state index is 2.42. The summed E-state index contributed by atoms with van der Waals surface area (Å²) in [6.45, 7) is 2.40. The van der Waals surface area contributed by atoms with Crippen LogP contribution in [0.5, 0.6) is 0 Å². The summed E-state index contributed by atoms with van der Waals surface area (Å²) in [5, 5.41) is 0. The first-order valence-corrected chi connectivity index (χ1v) is 8.51. The standard InChI is InChI=1S/C21H24/c1-15(16-6-3-2-4-7-16)14-19-13-12-18-11-10-17-8-5-9-20(17)21(18)19/h2-4,6-7,10-11,15,19H,5,8-9,12-14H2,1H3. The molecule has 0 N–H and O–H groups in total. The van der Waals surface area contributed by atoms with Crippen LogP contribution < -0.4 is 0 Å². The predicted octanol–water partition coefficient (Wildman–Crippen LogP) is 5.40. The van der Waals surface area contributed by atoms with Gasteiger partial charge in [0.05, 0.1) is 0 Å². The first-order valence-electron chi connectivity index (χ1n) is 8.51. The summed E-state index contributed by atoms with van der Waals surface area (Å²) >= 11 is 0. The minimum absolute atomic E-state index is 0.666. The van der Waals surface area contributed by atoms with E-state index in [-0.39, 0.29) is 0 Å². The van der Waals surface area contributed by atoms with Gasteiger partial charge in [-0.15, -0.1) is 0 Å². The van der Waals surface area contributed by atoms with Gasteiger partial charge in [0, 0.05) is 0 Å². The third-order valence-corrected chi connectivity index (χ3v) is 5.59. The van der Waals surface area contributed by atoms with Crippen LogP contribution in [0.25, 0.3) is 0 Å². The van der Waals surface area contributed by atoms with E-state index in [0.717, 1.165) is 5.92 Å². The molecule has 0 saturated heterocycles. The molecule has 0 heterocycles. The van der Waals surface area contributed by atoms with Crippen molar-refractivity contribution < 1.29 is 0 Å². The van der Waals surface area contributed by atoms with Crippen LogP contribution >= 0.6 is 0 Å². The normalized spacial score (nSPS) is 21.1. The van der Waals surface area contributed by atoms with Gasteiger partial charge in [-0.3, -0.25) is 0 Å². The Hall–Kier alpha value is -1.56. The van der Waals surface area contributed by atoms with Gasteiger partial charge < -0.3 is 0 Å². The maximum Gasteiger partial charge on any atom is -0.0148 e. The van der Waals surface area contributed by atoms with Gasteiger partial charge in [0.1, 0.15) is 0 Å². The van der Waals surface area contributed by atoms with E-state index in [4.69, 9.17) is 0 Å². The molecule has 0 amide bonds. The average molecular weight is 276 g/mol. The Morgan fingerprint density at radius 1 is 0.952 bits per heavy atom. The summed E-state index contributed by atoms with van der Waals surface area (Å²) in [5.74, 6) is 1.46. The number of aryl methyl sites for hydroxylation is 2. The van der Waals surface area contributed by atoms with Crippen LogP contribution in [0.4, 0.5) is 0 Å². The van der Waals surface area contributed by atoms with Gasteiger partial charge in [-0.2, -0.15) is 0 Å². The van der Waals surface area contributed by atoms with Gasteiger partial charge in [0.2, 0.25) is 0 Å². The number of rotatable bonds is 3. The van der Waals surface area contributed by atoms with Gasteiger partial charge in [0.15, 0.2) is 0 Å². The Bertz CT molecular complexity index is 639. The lowest BCUT2D eigenvalue weighted by Gasteiger charge is -2.20. The summed E-state index contributed by atoms with van der Waals surface area (Å²) in [4.78, 5) is 0. The van der Waals surface area contributed by atoms with Gasteiger partial charge in [0.25, 0.3) is 0 Å². The lowest BCUT2D eigenvalue weighted by atomic mass is 9.84. The van der Waals surface area contributed by atoms with Crippen LogP contribution in [-0.4, -0.2) is 0 Å². The van der Waals surface area contributed by atoms with Crippen molar-refractivity contribution >= 4 is 0 Å². The molecule has 0 bridgehead atoms. The van der Waals surface area contributed by atoms with Crippen molar-refractivity contribution in [3.05, 3.63) is 70.3 Å². The largest absolute Gasteiger partial charge is 0.0622 e. The topological polar surface area (TPSA) is 0 Å². The van der Waals surface area contributed by atoms with Crippen molar-refractivity contribution in [3.8, 4) is 0 Å². The molecule has 0 aliphatic heterocycles. The SMILES string of the molecule is CC(CC1CCc2ccc3c(c21)CCC3)c1ccccc1. The molecule has 2 unspecified atom stereocenters. The maximum absolute atomic E-state index is 2.42. The minimum atomic E-state index is 0.666. The first kappa shape index (κ1) is 13.1. The smallest absolute Gasteiger partial charge is 0.0148 e. The number of hydrogen-bond acceptors (Lipinski definition) is 0. The molecule has 2 aromatic carbocycles. The number of benzene rings is 2. The van der Waals surface area contributed by atoms with E-state index in [9.17, 15) is 0 Å². The lowest BCUT2D eigenvalue weighted by molar-refractivity contribution is 0.552. The van der Waals surface area contributed by atoms with Gasteiger partial charge in [-0.25, -0.2) is 0 Å². The summed E-state index contributed by atoms with van der Waals surface area (Å²) < 4.78 is 0. The van der Waals surface area contributed by atoms with E-state index in [1.807, 2.05) is 0 Å².